The number of alkyl halides is 3. The van der Waals surface area contributed by atoms with E-state index in [0.29, 0.717) is 5.02 Å². The molecule has 2 rings (SSSR count). The fourth-order valence-electron chi connectivity index (χ4n) is 2.27. The van der Waals surface area contributed by atoms with Gasteiger partial charge in [-0.1, -0.05) is 53.0 Å². The molecule has 1 atom stereocenters. The number of halogens is 6. The fourth-order valence-corrected chi connectivity index (χ4v) is 4.53. The van der Waals surface area contributed by atoms with Crippen molar-refractivity contribution in [2.75, 3.05) is 5.75 Å². The second kappa shape index (κ2) is 7.76. The molecule has 0 aliphatic rings. The van der Waals surface area contributed by atoms with Crippen molar-refractivity contribution < 1.29 is 26.4 Å². The van der Waals surface area contributed by atoms with E-state index in [2.05, 4.69) is 0 Å². The number of ketones is 1. The molecule has 140 valence electrons. The number of rotatable bonds is 5. The maximum Gasteiger partial charge on any atom is 0.451 e. The second-order valence-corrected chi connectivity index (χ2v) is 8.67. The van der Waals surface area contributed by atoms with Crippen LogP contribution in [0.4, 0.5) is 13.2 Å². The molecule has 26 heavy (non-hydrogen) atoms. The molecule has 10 heteroatoms. The van der Waals surface area contributed by atoms with E-state index in [1.54, 1.807) is 0 Å². The SMILES string of the molecule is O=C(CS(=O)(=O)C(c1ccc(Cl)cc1)c1ccc(Cl)c(Cl)c1)C(F)(F)F. The molecule has 2 aromatic rings. The third kappa shape index (κ3) is 4.91. The molecule has 0 spiro atoms. The topological polar surface area (TPSA) is 51.2 Å². The Morgan fingerprint density at radius 1 is 0.923 bits per heavy atom. The Morgan fingerprint density at radius 3 is 1.96 bits per heavy atom. The van der Waals surface area contributed by atoms with E-state index in [1.165, 1.54) is 42.5 Å². The van der Waals surface area contributed by atoms with Gasteiger partial charge < -0.3 is 0 Å². The van der Waals surface area contributed by atoms with Gasteiger partial charge in [0.2, 0.25) is 0 Å². The minimum Gasteiger partial charge on any atom is -0.288 e. The van der Waals surface area contributed by atoms with Gasteiger partial charge in [-0.2, -0.15) is 13.2 Å². The lowest BCUT2D eigenvalue weighted by Gasteiger charge is -2.19. The molecule has 3 nitrogen and oxygen atoms in total. The highest BCUT2D eigenvalue weighted by Crippen LogP contribution is 2.35. The summed E-state index contributed by atoms with van der Waals surface area (Å²) in [6, 6.07) is 9.37. The predicted molar refractivity (Wildman–Crippen MR) is 94.6 cm³/mol. The first kappa shape index (κ1) is 21.0. The van der Waals surface area contributed by atoms with E-state index in [9.17, 15) is 26.4 Å². The van der Waals surface area contributed by atoms with Crippen LogP contribution >= 0.6 is 34.8 Å². The zero-order valence-electron chi connectivity index (χ0n) is 12.7. The Bertz CT molecular complexity index is 926. The van der Waals surface area contributed by atoms with E-state index in [4.69, 9.17) is 34.8 Å². The molecule has 0 fully saturated rings. The van der Waals surface area contributed by atoms with Crippen LogP contribution < -0.4 is 0 Å². The summed E-state index contributed by atoms with van der Waals surface area (Å²) in [6.45, 7) is 0. The lowest BCUT2D eigenvalue weighted by molar-refractivity contribution is -0.168. The van der Waals surface area contributed by atoms with E-state index in [-0.39, 0.29) is 21.2 Å². The molecule has 0 saturated carbocycles. The maximum atomic E-state index is 12.6. The van der Waals surface area contributed by atoms with Crippen molar-refractivity contribution in [1.82, 2.24) is 0 Å². The van der Waals surface area contributed by atoms with Crippen molar-refractivity contribution in [2.45, 2.75) is 11.4 Å². The molecule has 0 saturated heterocycles. The second-order valence-electron chi connectivity index (χ2n) is 5.33. The van der Waals surface area contributed by atoms with Crippen molar-refractivity contribution in [3.63, 3.8) is 0 Å². The van der Waals surface area contributed by atoms with Crippen LogP contribution in [0.5, 0.6) is 0 Å². The Balaban J connectivity index is 2.58. The summed E-state index contributed by atoms with van der Waals surface area (Å²) in [5, 5.41) is -1.05. The van der Waals surface area contributed by atoms with E-state index in [1.807, 2.05) is 0 Å². The number of Topliss-reactive ketones (excluding diaryl/α,β-unsaturated/α-hetero) is 1. The fraction of sp³-hybridized carbons (Fsp3) is 0.188. The normalized spacial score (nSPS) is 13.5. The van der Waals surface area contributed by atoms with Gasteiger partial charge >= 0.3 is 6.18 Å². The zero-order chi connectivity index (χ0) is 19.7. The molecule has 1 unspecified atom stereocenters. The van der Waals surface area contributed by atoms with E-state index in [0.717, 1.165) is 0 Å². The van der Waals surface area contributed by atoms with Gasteiger partial charge in [-0.05, 0) is 35.4 Å². The van der Waals surface area contributed by atoms with Crippen molar-refractivity contribution in [2.24, 2.45) is 0 Å². The van der Waals surface area contributed by atoms with Gasteiger partial charge in [-0.3, -0.25) is 4.79 Å². The number of carbonyl (C=O) groups is 1. The Labute approximate surface area is 162 Å². The third-order valence-corrected chi connectivity index (χ3v) is 6.34. The summed E-state index contributed by atoms with van der Waals surface area (Å²) in [5.74, 6) is -4.04. The molecule has 0 aliphatic carbocycles. The van der Waals surface area contributed by atoms with Crippen LogP contribution in [0.2, 0.25) is 15.1 Å². The quantitative estimate of drug-likeness (QED) is 0.629. The first-order valence-electron chi connectivity index (χ1n) is 6.94. The molecule has 0 amide bonds. The highest BCUT2D eigenvalue weighted by molar-refractivity contribution is 7.92. The van der Waals surface area contributed by atoms with Crippen molar-refractivity contribution >= 4 is 50.4 Å². The largest absolute Gasteiger partial charge is 0.451 e. The highest BCUT2D eigenvalue weighted by Gasteiger charge is 2.43. The Morgan fingerprint density at radius 2 is 1.46 bits per heavy atom. The number of sulfone groups is 1. The third-order valence-electron chi connectivity index (χ3n) is 3.43. The summed E-state index contributed by atoms with van der Waals surface area (Å²) in [4.78, 5) is 11.3. The van der Waals surface area contributed by atoms with Crippen LogP contribution in [0.1, 0.15) is 16.4 Å². The van der Waals surface area contributed by atoms with Gasteiger partial charge in [0, 0.05) is 5.02 Å². The van der Waals surface area contributed by atoms with E-state index < -0.39 is 32.8 Å². The lowest BCUT2D eigenvalue weighted by Crippen LogP contribution is -2.32. The molecule has 0 aliphatic heterocycles. The first-order valence-corrected chi connectivity index (χ1v) is 9.79. The molecule has 0 aromatic heterocycles. The molecular formula is C16H10Cl3F3O3S. The van der Waals surface area contributed by atoms with Gasteiger partial charge in [0.1, 0.15) is 11.0 Å². The summed E-state index contributed by atoms with van der Waals surface area (Å²) >= 11 is 17.5. The summed E-state index contributed by atoms with van der Waals surface area (Å²) in [7, 11) is -4.57. The van der Waals surface area contributed by atoms with E-state index >= 15 is 0 Å². The molecule has 0 N–H and O–H groups in total. The van der Waals surface area contributed by atoms with Crippen molar-refractivity contribution in [3.8, 4) is 0 Å². The van der Waals surface area contributed by atoms with Crippen molar-refractivity contribution in [3.05, 3.63) is 68.7 Å². The van der Waals surface area contributed by atoms with Crippen LogP contribution in [0.3, 0.4) is 0 Å². The van der Waals surface area contributed by atoms with Crippen LogP contribution in [-0.2, 0) is 14.6 Å². The van der Waals surface area contributed by atoms with Gasteiger partial charge in [0.15, 0.2) is 9.84 Å². The smallest absolute Gasteiger partial charge is 0.288 e. The summed E-state index contributed by atoms with van der Waals surface area (Å²) in [5.41, 5.74) is 0.222. The average molecular weight is 446 g/mol. The number of carbonyl (C=O) groups excluding carboxylic acids is 1. The lowest BCUT2D eigenvalue weighted by atomic mass is 10.0. The van der Waals surface area contributed by atoms with Crippen LogP contribution in [-0.4, -0.2) is 26.1 Å². The first-order chi connectivity index (χ1) is 11.9. The average Bonchev–Trinajstić information content (AvgIpc) is 2.51. The summed E-state index contributed by atoms with van der Waals surface area (Å²) in [6.07, 6.45) is -5.25. The monoisotopic (exact) mass is 444 g/mol. The molecular weight excluding hydrogens is 436 g/mol. The zero-order valence-corrected chi connectivity index (χ0v) is 15.8. The van der Waals surface area contributed by atoms with Crippen LogP contribution in [0.25, 0.3) is 0 Å². The van der Waals surface area contributed by atoms with Crippen LogP contribution in [0, 0.1) is 0 Å². The molecule has 2 aromatic carbocycles. The Kier molecular flexibility index (Phi) is 6.28. The summed E-state index contributed by atoms with van der Waals surface area (Å²) < 4.78 is 62.9. The molecule has 0 heterocycles. The number of hydrogen-bond donors (Lipinski definition) is 0. The molecule has 0 bridgehead atoms. The Hall–Kier alpha value is -1.28. The minimum atomic E-state index is -5.25. The van der Waals surface area contributed by atoms with Gasteiger partial charge in [-0.25, -0.2) is 8.42 Å². The van der Waals surface area contributed by atoms with Crippen LogP contribution in [0.15, 0.2) is 42.5 Å². The standard InChI is InChI=1S/C16H10Cl3F3O3S/c17-11-4-1-9(2-5-11)15(10-3-6-12(18)13(19)7-10)26(24,25)8-14(23)16(20,21)22/h1-7,15H,8H2. The number of hydrogen-bond acceptors (Lipinski definition) is 3. The highest BCUT2D eigenvalue weighted by atomic mass is 35.5. The van der Waals surface area contributed by atoms with Gasteiger partial charge in [-0.15, -0.1) is 0 Å². The van der Waals surface area contributed by atoms with Gasteiger partial charge in [0.25, 0.3) is 5.78 Å². The minimum absolute atomic E-state index is 0.0282. The predicted octanol–water partition coefficient (Wildman–Crippen LogP) is 5.28. The maximum absolute atomic E-state index is 12.6. The van der Waals surface area contributed by atoms with Gasteiger partial charge in [0.05, 0.1) is 10.0 Å². The molecule has 0 radical (unpaired) electrons. The number of benzene rings is 2. The van der Waals surface area contributed by atoms with Crippen molar-refractivity contribution in [1.29, 1.82) is 0 Å².